The summed E-state index contributed by atoms with van der Waals surface area (Å²) in [4.78, 5) is 54.9. The fourth-order valence-electron chi connectivity index (χ4n) is 6.98. The molecular weight excluding hydrogens is 518 g/mol. The summed E-state index contributed by atoms with van der Waals surface area (Å²) in [5.74, 6) is -8.11. The molecule has 0 saturated heterocycles. The molecule has 0 aliphatic heterocycles. The average Bonchev–Trinajstić information content (AvgIpc) is 3.33. The van der Waals surface area contributed by atoms with Gasteiger partial charge in [0, 0.05) is 23.6 Å². The van der Waals surface area contributed by atoms with E-state index in [1.165, 1.54) is 6.07 Å². The van der Waals surface area contributed by atoms with Crippen LogP contribution < -0.4 is 11.1 Å². The SMILES string of the molecule is CC(C)NCc1ccc(-c2ccc(O)c3c2C[C@@H]2C[C@@H]4[C@@H](N(C)C)C(O)C(C(N)=O)C(=O)[C@]4(O)C(=O)C2C3=O)o1. The lowest BCUT2D eigenvalue weighted by molar-refractivity contribution is -0.190. The van der Waals surface area contributed by atoms with Gasteiger partial charge in [-0.2, -0.15) is 0 Å². The van der Waals surface area contributed by atoms with E-state index in [4.69, 9.17) is 10.2 Å². The smallest absolute Gasteiger partial charge is 0.230 e. The predicted molar refractivity (Wildman–Crippen MR) is 142 cm³/mol. The lowest BCUT2D eigenvalue weighted by Gasteiger charge is -2.54. The molecule has 3 aliphatic carbocycles. The molecule has 1 aromatic heterocycles. The van der Waals surface area contributed by atoms with Gasteiger partial charge >= 0.3 is 0 Å². The number of hydrogen-bond donors (Lipinski definition) is 5. The number of nitrogens with one attached hydrogen (secondary N) is 1. The van der Waals surface area contributed by atoms with Crippen LogP contribution in [0.1, 0.15) is 41.9 Å². The van der Waals surface area contributed by atoms with E-state index >= 15 is 0 Å². The Bertz CT molecular complexity index is 1400. The number of likely N-dealkylation sites (N-methyl/N-ethyl adjacent to an activating group) is 1. The van der Waals surface area contributed by atoms with Gasteiger partial charge < -0.3 is 35.7 Å². The molecule has 2 aromatic rings. The van der Waals surface area contributed by atoms with Gasteiger partial charge in [0.15, 0.2) is 23.0 Å². The van der Waals surface area contributed by atoms with Crippen molar-refractivity contribution in [1.82, 2.24) is 10.2 Å². The van der Waals surface area contributed by atoms with Gasteiger partial charge in [0.25, 0.3) is 0 Å². The van der Waals surface area contributed by atoms with Gasteiger partial charge in [0.2, 0.25) is 5.91 Å². The van der Waals surface area contributed by atoms with E-state index < -0.39 is 64.7 Å². The van der Waals surface area contributed by atoms with Gasteiger partial charge in [-0.25, -0.2) is 0 Å². The normalized spacial score (nSPS) is 31.8. The van der Waals surface area contributed by atoms with Crippen LogP contribution in [0.2, 0.25) is 0 Å². The van der Waals surface area contributed by atoms with Gasteiger partial charge in [-0.1, -0.05) is 13.8 Å². The molecule has 0 bridgehead atoms. The summed E-state index contributed by atoms with van der Waals surface area (Å²) >= 11 is 0. The second-order valence-electron chi connectivity index (χ2n) is 11.8. The first-order valence-corrected chi connectivity index (χ1v) is 13.4. The van der Waals surface area contributed by atoms with Crippen molar-refractivity contribution in [3.63, 3.8) is 0 Å². The Labute approximate surface area is 231 Å². The highest BCUT2D eigenvalue weighted by atomic mass is 16.3. The van der Waals surface area contributed by atoms with Gasteiger partial charge in [-0.05, 0) is 62.7 Å². The van der Waals surface area contributed by atoms with Crippen molar-refractivity contribution in [2.24, 2.45) is 29.4 Å². The molecule has 6 N–H and O–H groups in total. The van der Waals surface area contributed by atoms with E-state index in [1.54, 1.807) is 31.1 Å². The first-order chi connectivity index (χ1) is 18.8. The number of fused-ring (bicyclic) bond motifs is 3. The molecule has 5 rings (SSSR count). The monoisotopic (exact) mass is 553 g/mol. The highest BCUT2D eigenvalue weighted by molar-refractivity contribution is 6.25. The van der Waals surface area contributed by atoms with Crippen LogP contribution in [-0.4, -0.2) is 81.4 Å². The lowest BCUT2D eigenvalue weighted by atomic mass is 9.52. The number of Topliss-reactive ketones (excluding diaryl/α,β-unsaturated/α-hetero) is 3. The molecule has 2 fully saturated rings. The molecule has 40 heavy (non-hydrogen) atoms. The summed E-state index contributed by atoms with van der Waals surface area (Å²) in [6, 6.07) is 5.93. The largest absolute Gasteiger partial charge is 0.507 e. The van der Waals surface area contributed by atoms with E-state index in [2.05, 4.69) is 5.32 Å². The van der Waals surface area contributed by atoms with Crippen LogP contribution in [0.5, 0.6) is 5.75 Å². The summed E-state index contributed by atoms with van der Waals surface area (Å²) < 4.78 is 6.04. The lowest BCUT2D eigenvalue weighted by Crippen LogP contribution is -2.75. The average molecular weight is 554 g/mol. The predicted octanol–water partition coefficient (Wildman–Crippen LogP) is 0.417. The fraction of sp³-hybridized carbons (Fsp3) is 0.517. The Kier molecular flexibility index (Phi) is 6.98. The number of carbonyl (C=O) groups is 4. The van der Waals surface area contributed by atoms with Crippen molar-refractivity contribution in [1.29, 1.82) is 0 Å². The zero-order valence-electron chi connectivity index (χ0n) is 22.9. The van der Waals surface area contributed by atoms with Crippen LogP contribution >= 0.6 is 0 Å². The van der Waals surface area contributed by atoms with Gasteiger partial charge in [-0.15, -0.1) is 0 Å². The molecule has 214 valence electrons. The number of phenolic OH excluding ortho intramolecular Hbond substituents is 1. The maximum atomic E-state index is 13.9. The number of phenols is 1. The summed E-state index contributed by atoms with van der Waals surface area (Å²) in [5, 5.41) is 36.7. The molecule has 11 heteroatoms. The zero-order chi connectivity index (χ0) is 29.3. The van der Waals surface area contributed by atoms with Gasteiger partial charge in [-0.3, -0.25) is 19.2 Å². The number of carbonyl (C=O) groups excluding carboxylic acids is 4. The molecule has 0 spiro atoms. The van der Waals surface area contributed by atoms with Crippen LogP contribution in [0.25, 0.3) is 11.3 Å². The molecule has 1 amide bonds. The number of aliphatic hydroxyl groups excluding tert-OH is 1. The summed E-state index contributed by atoms with van der Waals surface area (Å²) in [6.07, 6.45) is -1.30. The Balaban J connectivity index is 1.58. The number of aliphatic hydroxyl groups is 2. The maximum absolute atomic E-state index is 13.9. The molecule has 11 nitrogen and oxygen atoms in total. The molecule has 1 aromatic carbocycles. The number of furan rings is 1. The summed E-state index contributed by atoms with van der Waals surface area (Å²) in [6.45, 7) is 4.54. The number of amides is 1. The number of ketones is 3. The highest BCUT2D eigenvalue weighted by Gasteiger charge is 2.69. The summed E-state index contributed by atoms with van der Waals surface area (Å²) in [5.41, 5.74) is 3.79. The van der Waals surface area contributed by atoms with Crippen molar-refractivity contribution < 1.29 is 38.9 Å². The van der Waals surface area contributed by atoms with Crippen LogP contribution in [0.3, 0.4) is 0 Å². The minimum absolute atomic E-state index is 0.0476. The van der Waals surface area contributed by atoms with Crippen molar-refractivity contribution in [3.8, 4) is 17.1 Å². The van der Waals surface area contributed by atoms with E-state index in [1.807, 2.05) is 19.9 Å². The maximum Gasteiger partial charge on any atom is 0.230 e. The highest BCUT2D eigenvalue weighted by Crippen LogP contribution is 2.52. The molecule has 2 saturated carbocycles. The first kappa shape index (κ1) is 28.2. The second kappa shape index (κ2) is 9.91. The minimum atomic E-state index is -2.69. The Morgan fingerprint density at radius 1 is 1.18 bits per heavy atom. The third kappa shape index (κ3) is 4.11. The number of hydrogen-bond acceptors (Lipinski definition) is 10. The quantitative estimate of drug-likeness (QED) is 0.314. The number of nitrogens with two attached hydrogens (primary N) is 1. The molecule has 3 unspecified atom stereocenters. The standard InChI is InChI=1S/C29H35N3O8/c1-12(2)31-11-14-5-8-19(40-14)15-6-7-18(33)21-16(15)9-13-10-17-23(32(3)4)25(35)22(28(30)38)27(37)29(17,39)26(36)20(13)24(21)34/h5-8,12-13,17,20,22-23,25,31,33,35,39H,9-11H2,1-4H3,(H2,30,38)/t13-,17-,20?,22?,23-,25?,29-/m1/s1. The number of aromatic hydroxyl groups is 1. The molecular formula is C29H35N3O8. The number of primary amides is 1. The number of rotatable bonds is 6. The van der Waals surface area contributed by atoms with Crippen LogP contribution in [0, 0.1) is 23.7 Å². The van der Waals surface area contributed by atoms with Crippen LogP contribution in [0.15, 0.2) is 28.7 Å². The number of nitrogens with zero attached hydrogens (tertiary/aromatic N) is 1. The van der Waals surface area contributed by atoms with E-state index in [0.717, 1.165) is 0 Å². The van der Waals surface area contributed by atoms with E-state index in [-0.39, 0.29) is 30.2 Å². The van der Waals surface area contributed by atoms with Crippen molar-refractivity contribution >= 4 is 23.3 Å². The third-order valence-electron chi connectivity index (χ3n) is 8.79. The van der Waals surface area contributed by atoms with E-state index in [0.29, 0.717) is 29.2 Å². The van der Waals surface area contributed by atoms with Crippen molar-refractivity contribution in [3.05, 3.63) is 41.2 Å². The Hall–Kier alpha value is -3.38. The van der Waals surface area contributed by atoms with Gasteiger partial charge in [0.1, 0.15) is 23.2 Å². The minimum Gasteiger partial charge on any atom is -0.507 e. The first-order valence-electron chi connectivity index (χ1n) is 13.4. The molecule has 3 aliphatic rings. The van der Waals surface area contributed by atoms with Crippen molar-refractivity contribution in [2.45, 2.75) is 57.0 Å². The zero-order valence-corrected chi connectivity index (χ0v) is 22.9. The molecule has 1 heterocycles. The Morgan fingerprint density at radius 2 is 1.88 bits per heavy atom. The third-order valence-corrected chi connectivity index (χ3v) is 8.79. The molecule has 0 radical (unpaired) electrons. The fourth-order valence-corrected chi connectivity index (χ4v) is 6.98. The van der Waals surface area contributed by atoms with Crippen LogP contribution in [0.4, 0.5) is 0 Å². The molecule has 7 atom stereocenters. The summed E-state index contributed by atoms with van der Waals surface area (Å²) in [7, 11) is 3.22. The van der Waals surface area contributed by atoms with Crippen LogP contribution in [-0.2, 0) is 27.3 Å². The Morgan fingerprint density at radius 3 is 2.50 bits per heavy atom. The second-order valence-corrected chi connectivity index (χ2v) is 11.8. The van der Waals surface area contributed by atoms with E-state index in [9.17, 15) is 34.5 Å². The van der Waals surface area contributed by atoms with Gasteiger partial charge in [0.05, 0.1) is 24.1 Å². The topological polar surface area (TPSA) is 183 Å². The van der Waals surface area contributed by atoms with Crippen molar-refractivity contribution in [2.75, 3.05) is 14.1 Å². The number of benzene rings is 1.